The Balaban J connectivity index is 2.35. The highest BCUT2D eigenvalue weighted by Gasteiger charge is 2.21. The van der Waals surface area contributed by atoms with Crippen molar-refractivity contribution >= 4 is 17.7 Å². The van der Waals surface area contributed by atoms with Crippen LogP contribution in [0, 0.1) is 6.92 Å². The third-order valence-electron chi connectivity index (χ3n) is 2.62. The van der Waals surface area contributed by atoms with Crippen LogP contribution in [0.4, 0.5) is 0 Å². The van der Waals surface area contributed by atoms with Crippen molar-refractivity contribution in [2.24, 2.45) is 0 Å². The molecule has 0 atom stereocenters. The Hall–Kier alpha value is -2.51. The van der Waals surface area contributed by atoms with E-state index in [0.717, 1.165) is 10.6 Å². The fourth-order valence-electron chi connectivity index (χ4n) is 1.63. The highest BCUT2D eigenvalue weighted by atomic mass is 16.4. The van der Waals surface area contributed by atoms with E-state index in [1.165, 1.54) is 4.52 Å². The third-order valence-corrected chi connectivity index (χ3v) is 2.62. The molecule has 2 heterocycles. The van der Waals surface area contributed by atoms with Gasteiger partial charge in [0.05, 0.1) is 0 Å². The Morgan fingerprint density at radius 2 is 2.21 bits per heavy atom. The minimum atomic E-state index is -1.08. The van der Waals surface area contributed by atoms with Gasteiger partial charge in [0.25, 0.3) is 11.7 Å². The van der Waals surface area contributed by atoms with Crippen LogP contribution in [0.15, 0.2) is 12.3 Å². The van der Waals surface area contributed by atoms with Gasteiger partial charge < -0.3 is 10.0 Å². The van der Waals surface area contributed by atoms with Crippen LogP contribution in [0.1, 0.15) is 23.2 Å². The van der Waals surface area contributed by atoms with E-state index in [2.05, 4.69) is 15.1 Å². The van der Waals surface area contributed by atoms with Gasteiger partial charge in [-0.2, -0.15) is 4.98 Å². The predicted octanol–water partition coefficient (Wildman–Crippen LogP) is -0.0206. The van der Waals surface area contributed by atoms with E-state index in [9.17, 15) is 9.59 Å². The lowest BCUT2D eigenvalue weighted by atomic mass is 10.4. The summed E-state index contributed by atoms with van der Waals surface area (Å²) in [5.74, 6) is -1.33. The first-order valence-corrected chi connectivity index (χ1v) is 5.72. The van der Waals surface area contributed by atoms with Crippen molar-refractivity contribution < 1.29 is 14.7 Å². The lowest BCUT2D eigenvalue weighted by Gasteiger charge is -2.15. The van der Waals surface area contributed by atoms with Gasteiger partial charge >= 0.3 is 5.97 Å². The molecular formula is C11H13N5O3. The monoisotopic (exact) mass is 263 g/mol. The molecule has 1 N–H and O–H groups in total. The maximum atomic E-state index is 12.1. The van der Waals surface area contributed by atoms with Crippen LogP contribution in [-0.2, 0) is 4.79 Å². The normalized spacial score (nSPS) is 10.6. The molecular weight excluding hydrogens is 250 g/mol. The van der Waals surface area contributed by atoms with E-state index in [0.29, 0.717) is 5.78 Å². The van der Waals surface area contributed by atoms with Crippen LogP contribution in [0.25, 0.3) is 5.78 Å². The molecule has 8 heteroatoms. The second-order valence-electron chi connectivity index (χ2n) is 3.95. The number of rotatable bonds is 4. The van der Waals surface area contributed by atoms with E-state index in [-0.39, 0.29) is 18.9 Å². The molecule has 1 amide bonds. The number of hydrogen-bond acceptors (Lipinski definition) is 5. The first-order valence-electron chi connectivity index (χ1n) is 5.72. The quantitative estimate of drug-likeness (QED) is 0.831. The molecule has 0 spiro atoms. The molecule has 2 aromatic rings. The van der Waals surface area contributed by atoms with Gasteiger partial charge in [0.15, 0.2) is 0 Å². The fraction of sp³-hybridized carbons (Fsp3) is 0.364. The summed E-state index contributed by atoms with van der Waals surface area (Å²) in [4.78, 5) is 31.9. The number of aromatic nitrogens is 4. The molecule has 19 heavy (non-hydrogen) atoms. The van der Waals surface area contributed by atoms with Crippen molar-refractivity contribution in [3.8, 4) is 0 Å². The molecule has 0 radical (unpaired) electrons. The van der Waals surface area contributed by atoms with E-state index < -0.39 is 11.9 Å². The van der Waals surface area contributed by atoms with Crippen LogP contribution >= 0.6 is 0 Å². The summed E-state index contributed by atoms with van der Waals surface area (Å²) in [6, 6.07) is 1.74. The largest absolute Gasteiger partial charge is 0.480 e. The number of amides is 1. The average Bonchev–Trinajstić information content (AvgIpc) is 2.80. The molecule has 0 aromatic carbocycles. The number of aliphatic carboxylic acids is 1. The predicted molar refractivity (Wildman–Crippen MR) is 64.7 cm³/mol. The van der Waals surface area contributed by atoms with E-state index >= 15 is 0 Å². The Kier molecular flexibility index (Phi) is 3.41. The maximum absolute atomic E-state index is 12.1. The Morgan fingerprint density at radius 3 is 2.79 bits per heavy atom. The van der Waals surface area contributed by atoms with Gasteiger partial charge in [-0.25, -0.2) is 9.50 Å². The minimum absolute atomic E-state index is 0.0510. The first kappa shape index (κ1) is 12.9. The lowest BCUT2D eigenvalue weighted by molar-refractivity contribution is -0.137. The number of carboxylic acids is 1. The number of likely N-dealkylation sites (N-methyl/N-ethyl adjacent to an activating group) is 1. The van der Waals surface area contributed by atoms with E-state index in [4.69, 9.17) is 5.11 Å². The van der Waals surface area contributed by atoms with Gasteiger partial charge in [-0.1, -0.05) is 0 Å². The number of hydrogen-bond donors (Lipinski definition) is 1. The van der Waals surface area contributed by atoms with Crippen molar-refractivity contribution in [1.82, 2.24) is 24.5 Å². The lowest BCUT2D eigenvalue weighted by Crippen LogP contribution is -2.36. The molecule has 0 aliphatic carbocycles. The summed E-state index contributed by atoms with van der Waals surface area (Å²) in [5, 5.41) is 12.8. The summed E-state index contributed by atoms with van der Waals surface area (Å²) in [6.07, 6.45) is 1.57. The highest BCUT2D eigenvalue weighted by molar-refractivity contribution is 5.92. The Bertz CT molecular complexity index is 636. The number of aryl methyl sites for hydroxylation is 1. The molecule has 0 aliphatic rings. The Morgan fingerprint density at radius 1 is 1.47 bits per heavy atom. The molecule has 0 fully saturated rings. The molecule has 2 rings (SSSR count). The van der Waals surface area contributed by atoms with Gasteiger partial charge in [0.2, 0.25) is 5.82 Å². The van der Waals surface area contributed by atoms with Crippen LogP contribution < -0.4 is 0 Å². The summed E-state index contributed by atoms with van der Waals surface area (Å²) < 4.78 is 1.45. The summed E-state index contributed by atoms with van der Waals surface area (Å²) >= 11 is 0. The molecule has 0 bridgehead atoms. The zero-order valence-corrected chi connectivity index (χ0v) is 10.6. The van der Waals surface area contributed by atoms with E-state index in [1.807, 2.05) is 6.92 Å². The van der Waals surface area contributed by atoms with Gasteiger partial charge in [-0.05, 0) is 19.9 Å². The first-order chi connectivity index (χ1) is 9.02. The summed E-state index contributed by atoms with van der Waals surface area (Å²) in [6.45, 7) is 3.40. The van der Waals surface area contributed by atoms with Gasteiger partial charge in [-0.3, -0.25) is 9.59 Å². The number of carboxylic acid groups (broad SMARTS) is 1. The van der Waals surface area contributed by atoms with Crippen LogP contribution in [0.5, 0.6) is 0 Å². The van der Waals surface area contributed by atoms with Crippen LogP contribution in [0.3, 0.4) is 0 Å². The number of fused-ring (bicyclic) bond motifs is 1. The maximum Gasteiger partial charge on any atom is 0.323 e. The minimum Gasteiger partial charge on any atom is -0.480 e. The SMILES string of the molecule is CCN(CC(=O)O)C(=O)c1nc2nccc(C)n2n1. The van der Waals surface area contributed by atoms with Crippen molar-refractivity contribution in [2.45, 2.75) is 13.8 Å². The van der Waals surface area contributed by atoms with Gasteiger partial charge in [0, 0.05) is 18.4 Å². The van der Waals surface area contributed by atoms with Crippen molar-refractivity contribution in [1.29, 1.82) is 0 Å². The summed E-state index contributed by atoms with van der Waals surface area (Å²) in [7, 11) is 0. The molecule has 0 unspecified atom stereocenters. The number of carbonyl (C=O) groups excluding carboxylic acids is 1. The number of nitrogens with zero attached hydrogens (tertiary/aromatic N) is 5. The Labute approximate surface area is 108 Å². The smallest absolute Gasteiger partial charge is 0.323 e. The summed E-state index contributed by atoms with van der Waals surface area (Å²) in [5.41, 5.74) is 0.790. The van der Waals surface area contributed by atoms with Crippen molar-refractivity contribution in [2.75, 3.05) is 13.1 Å². The third kappa shape index (κ3) is 2.51. The molecule has 2 aromatic heterocycles. The average molecular weight is 263 g/mol. The van der Waals surface area contributed by atoms with Gasteiger partial charge in [0.1, 0.15) is 6.54 Å². The molecule has 8 nitrogen and oxygen atoms in total. The van der Waals surface area contributed by atoms with E-state index in [1.54, 1.807) is 19.2 Å². The standard InChI is InChI=1S/C11H13N5O3/c1-3-15(6-8(17)18)10(19)9-13-11-12-5-4-7(2)16(11)14-9/h4-5H,3,6H2,1-2H3,(H,17,18). The van der Waals surface area contributed by atoms with Crippen LogP contribution in [0.2, 0.25) is 0 Å². The molecule has 0 saturated carbocycles. The fourth-order valence-corrected chi connectivity index (χ4v) is 1.63. The second kappa shape index (κ2) is 5.01. The second-order valence-corrected chi connectivity index (χ2v) is 3.95. The van der Waals surface area contributed by atoms with Gasteiger partial charge in [-0.15, -0.1) is 5.10 Å². The topological polar surface area (TPSA) is 101 Å². The van der Waals surface area contributed by atoms with Crippen molar-refractivity contribution in [3.63, 3.8) is 0 Å². The highest BCUT2D eigenvalue weighted by Crippen LogP contribution is 2.04. The molecule has 100 valence electrons. The zero-order valence-electron chi connectivity index (χ0n) is 10.6. The molecule has 0 aliphatic heterocycles. The zero-order chi connectivity index (χ0) is 14.0. The van der Waals surface area contributed by atoms with Crippen molar-refractivity contribution in [3.05, 3.63) is 23.8 Å². The molecule has 0 saturated heterocycles. The number of carbonyl (C=O) groups is 2. The van der Waals surface area contributed by atoms with Crippen LogP contribution in [-0.4, -0.2) is 54.6 Å².